The summed E-state index contributed by atoms with van der Waals surface area (Å²) in [6.45, 7) is 4.52. The Bertz CT molecular complexity index is 545. The van der Waals surface area contributed by atoms with Crippen LogP contribution in [-0.2, 0) is 17.8 Å². The smallest absolute Gasteiger partial charge is 0.226 e. The summed E-state index contributed by atoms with van der Waals surface area (Å²) in [5, 5.41) is 9.76. The molecule has 0 radical (unpaired) electrons. The normalized spacial score (nSPS) is 10.3. The van der Waals surface area contributed by atoms with Gasteiger partial charge in [0.05, 0.1) is 12.1 Å². The fourth-order valence-corrected chi connectivity index (χ4v) is 1.81. The molecule has 0 atom stereocenters. The monoisotopic (exact) mass is 243 g/mol. The van der Waals surface area contributed by atoms with Crippen LogP contribution in [0.25, 0.3) is 0 Å². The number of aryl methyl sites for hydroxylation is 2. The molecule has 2 N–H and O–H groups in total. The van der Waals surface area contributed by atoms with E-state index in [1.807, 2.05) is 38.1 Å². The first-order valence-electron chi connectivity index (χ1n) is 5.96. The minimum absolute atomic E-state index is 0.0111. The Labute approximate surface area is 106 Å². The van der Waals surface area contributed by atoms with Crippen LogP contribution in [0.3, 0.4) is 0 Å². The minimum atomic E-state index is -0.0111. The van der Waals surface area contributed by atoms with Gasteiger partial charge >= 0.3 is 0 Å². The number of H-pyrrole nitrogens is 1. The van der Waals surface area contributed by atoms with Crippen molar-refractivity contribution in [3.8, 4) is 0 Å². The summed E-state index contributed by atoms with van der Waals surface area (Å²) in [7, 11) is 0. The zero-order valence-electron chi connectivity index (χ0n) is 10.7. The SMILES string of the molecule is Cc1cccc(CNC(=O)Cc2cc(C)[nH]n2)c1. The van der Waals surface area contributed by atoms with Crippen LogP contribution in [0.2, 0.25) is 0 Å². The fraction of sp³-hybridized carbons (Fsp3) is 0.286. The van der Waals surface area contributed by atoms with E-state index in [2.05, 4.69) is 21.6 Å². The fourth-order valence-electron chi connectivity index (χ4n) is 1.81. The number of nitrogens with one attached hydrogen (secondary N) is 2. The number of benzene rings is 1. The van der Waals surface area contributed by atoms with Gasteiger partial charge in [-0.15, -0.1) is 0 Å². The van der Waals surface area contributed by atoms with Crippen LogP contribution in [0, 0.1) is 13.8 Å². The van der Waals surface area contributed by atoms with Crippen molar-refractivity contribution < 1.29 is 4.79 Å². The van der Waals surface area contributed by atoms with Crippen molar-refractivity contribution in [2.75, 3.05) is 0 Å². The lowest BCUT2D eigenvalue weighted by Crippen LogP contribution is -2.24. The van der Waals surface area contributed by atoms with Crippen molar-refractivity contribution in [1.29, 1.82) is 0 Å². The highest BCUT2D eigenvalue weighted by molar-refractivity contribution is 5.78. The van der Waals surface area contributed by atoms with Crippen LogP contribution in [-0.4, -0.2) is 16.1 Å². The molecule has 1 amide bonds. The molecule has 0 fully saturated rings. The number of nitrogens with zero attached hydrogens (tertiary/aromatic N) is 1. The molecule has 94 valence electrons. The molecule has 0 unspecified atom stereocenters. The third-order valence-electron chi connectivity index (χ3n) is 2.67. The molecule has 2 rings (SSSR count). The standard InChI is InChI=1S/C14H17N3O/c1-10-4-3-5-12(6-10)9-15-14(18)8-13-7-11(2)16-17-13/h3-7H,8-9H2,1-2H3,(H,15,18)(H,16,17). The number of rotatable bonds is 4. The van der Waals surface area contributed by atoms with Gasteiger partial charge in [-0.05, 0) is 25.5 Å². The Morgan fingerprint density at radius 1 is 1.33 bits per heavy atom. The largest absolute Gasteiger partial charge is 0.352 e. The molecular weight excluding hydrogens is 226 g/mol. The van der Waals surface area contributed by atoms with Crippen LogP contribution in [0.5, 0.6) is 0 Å². The Kier molecular flexibility index (Phi) is 3.77. The average Bonchev–Trinajstić information content (AvgIpc) is 2.72. The van der Waals surface area contributed by atoms with E-state index in [0.29, 0.717) is 13.0 Å². The number of carbonyl (C=O) groups excluding carboxylic acids is 1. The van der Waals surface area contributed by atoms with Crippen LogP contribution in [0.1, 0.15) is 22.5 Å². The van der Waals surface area contributed by atoms with E-state index in [0.717, 1.165) is 17.0 Å². The van der Waals surface area contributed by atoms with Crippen LogP contribution in [0.15, 0.2) is 30.3 Å². The zero-order valence-corrected chi connectivity index (χ0v) is 10.7. The molecule has 0 bridgehead atoms. The number of hydrogen-bond donors (Lipinski definition) is 2. The third kappa shape index (κ3) is 3.45. The Balaban J connectivity index is 1.85. The van der Waals surface area contributed by atoms with Gasteiger partial charge in [0.2, 0.25) is 5.91 Å². The van der Waals surface area contributed by atoms with Crippen LogP contribution >= 0.6 is 0 Å². The molecule has 0 saturated carbocycles. The maximum absolute atomic E-state index is 11.7. The molecular formula is C14H17N3O. The highest BCUT2D eigenvalue weighted by Gasteiger charge is 2.05. The second-order valence-electron chi connectivity index (χ2n) is 4.48. The number of amides is 1. The van der Waals surface area contributed by atoms with Crippen molar-refractivity contribution in [1.82, 2.24) is 15.5 Å². The predicted octanol–water partition coefficient (Wildman–Crippen LogP) is 1.89. The highest BCUT2D eigenvalue weighted by Crippen LogP contribution is 2.04. The summed E-state index contributed by atoms with van der Waals surface area (Å²) < 4.78 is 0. The molecule has 1 aromatic heterocycles. The topological polar surface area (TPSA) is 57.8 Å². The zero-order chi connectivity index (χ0) is 13.0. The van der Waals surface area contributed by atoms with E-state index >= 15 is 0 Å². The van der Waals surface area contributed by atoms with Crippen molar-refractivity contribution >= 4 is 5.91 Å². The van der Waals surface area contributed by atoms with E-state index in [-0.39, 0.29) is 5.91 Å². The van der Waals surface area contributed by atoms with Crippen LogP contribution in [0.4, 0.5) is 0 Å². The number of carbonyl (C=O) groups is 1. The molecule has 1 heterocycles. The first-order chi connectivity index (χ1) is 8.63. The maximum Gasteiger partial charge on any atom is 0.226 e. The van der Waals surface area contributed by atoms with Crippen molar-refractivity contribution in [3.05, 3.63) is 52.8 Å². The molecule has 4 heteroatoms. The summed E-state index contributed by atoms with van der Waals surface area (Å²) in [4.78, 5) is 11.7. The number of aromatic amines is 1. The molecule has 4 nitrogen and oxygen atoms in total. The number of hydrogen-bond acceptors (Lipinski definition) is 2. The van der Waals surface area contributed by atoms with E-state index in [1.165, 1.54) is 5.56 Å². The second-order valence-corrected chi connectivity index (χ2v) is 4.48. The average molecular weight is 243 g/mol. The Hall–Kier alpha value is -2.10. The van der Waals surface area contributed by atoms with E-state index in [4.69, 9.17) is 0 Å². The minimum Gasteiger partial charge on any atom is -0.352 e. The van der Waals surface area contributed by atoms with E-state index in [9.17, 15) is 4.79 Å². The molecule has 0 aliphatic heterocycles. The van der Waals surface area contributed by atoms with Gasteiger partial charge < -0.3 is 5.32 Å². The van der Waals surface area contributed by atoms with Gasteiger partial charge in [0.15, 0.2) is 0 Å². The lowest BCUT2D eigenvalue weighted by Gasteiger charge is -2.05. The summed E-state index contributed by atoms with van der Waals surface area (Å²) in [6.07, 6.45) is 0.316. The van der Waals surface area contributed by atoms with Crippen LogP contribution < -0.4 is 5.32 Å². The lowest BCUT2D eigenvalue weighted by atomic mass is 10.1. The van der Waals surface area contributed by atoms with Gasteiger partial charge in [-0.25, -0.2) is 0 Å². The summed E-state index contributed by atoms with van der Waals surface area (Å²) in [5.74, 6) is -0.0111. The van der Waals surface area contributed by atoms with Gasteiger partial charge in [-0.1, -0.05) is 29.8 Å². The molecule has 0 aliphatic rings. The molecule has 0 aliphatic carbocycles. The van der Waals surface area contributed by atoms with E-state index in [1.54, 1.807) is 0 Å². The summed E-state index contributed by atoms with van der Waals surface area (Å²) >= 11 is 0. The molecule has 0 spiro atoms. The van der Waals surface area contributed by atoms with E-state index < -0.39 is 0 Å². The quantitative estimate of drug-likeness (QED) is 0.861. The highest BCUT2D eigenvalue weighted by atomic mass is 16.1. The third-order valence-corrected chi connectivity index (χ3v) is 2.67. The maximum atomic E-state index is 11.7. The Morgan fingerprint density at radius 2 is 2.17 bits per heavy atom. The lowest BCUT2D eigenvalue weighted by molar-refractivity contribution is -0.120. The summed E-state index contributed by atoms with van der Waals surface area (Å²) in [6, 6.07) is 9.99. The molecule has 0 saturated heterocycles. The van der Waals surface area contributed by atoms with Gasteiger partial charge in [0.25, 0.3) is 0 Å². The first kappa shape index (κ1) is 12.4. The second kappa shape index (κ2) is 5.49. The summed E-state index contributed by atoms with van der Waals surface area (Å²) in [5.41, 5.74) is 4.05. The van der Waals surface area contributed by atoms with Crippen molar-refractivity contribution in [2.45, 2.75) is 26.8 Å². The Morgan fingerprint density at radius 3 is 2.83 bits per heavy atom. The number of aromatic nitrogens is 2. The molecule has 2 aromatic rings. The van der Waals surface area contributed by atoms with Gasteiger partial charge in [0, 0.05) is 12.2 Å². The molecule has 1 aromatic carbocycles. The van der Waals surface area contributed by atoms with Crippen molar-refractivity contribution in [3.63, 3.8) is 0 Å². The van der Waals surface area contributed by atoms with Gasteiger partial charge in [-0.2, -0.15) is 5.10 Å². The molecule has 18 heavy (non-hydrogen) atoms. The first-order valence-corrected chi connectivity index (χ1v) is 5.96. The van der Waals surface area contributed by atoms with Gasteiger partial charge in [-0.3, -0.25) is 9.89 Å². The van der Waals surface area contributed by atoms with Gasteiger partial charge in [0.1, 0.15) is 0 Å². The predicted molar refractivity (Wildman–Crippen MR) is 70.1 cm³/mol. The van der Waals surface area contributed by atoms with Crippen molar-refractivity contribution in [2.24, 2.45) is 0 Å².